The van der Waals surface area contributed by atoms with Gasteiger partial charge in [-0.15, -0.1) is 0 Å². The van der Waals surface area contributed by atoms with Crippen molar-refractivity contribution < 1.29 is 4.79 Å². The molecule has 1 aromatic carbocycles. The Hall–Kier alpha value is -1.85. The van der Waals surface area contributed by atoms with Gasteiger partial charge in [0.1, 0.15) is 6.04 Å². The van der Waals surface area contributed by atoms with Gasteiger partial charge in [-0.1, -0.05) is 41.4 Å². The zero-order valence-corrected chi connectivity index (χ0v) is 14.9. The van der Waals surface area contributed by atoms with Gasteiger partial charge in [-0.05, 0) is 19.4 Å². The van der Waals surface area contributed by atoms with Gasteiger partial charge >= 0.3 is 0 Å². The zero-order chi connectivity index (χ0) is 17.1. The first kappa shape index (κ1) is 17.0. The van der Waals surface area contributed by atoms with Crippen molar-refractivity contribution in [2.45, 2.75) is 26.4 Å². The van der Waals surface area contributed by atoms with Crippen LogP contribution in [-0.2, 0) is 11.3 Å². The lowest BCUT2D eigenvalue weighted by Crippen LogP contribution is -2.49. The quantitative estimate of drug-likeness (QED) is 0.854. The van der Waals surface area contributed by atoms with Crippen LogP contribution in [0.2, 0.25) is 5.02 Å². The molecule has 1 saturated heterocycles. The summed E-state index contributed by atoms with van der Waals surface area (Å²) < 4.78 is 1.63. The van der Waals surface area contributed by atoms with Crippen molar-refractivity contribution in [1.82, 2.24) is 19.6 Å². The van der Waals surface area contributed by atoms with Crippen LogP contribution in [-0.4, -0.2) is 51.7 Å². The average molecular weight is 347 g/mol. The molecule has 0 bridgehead atoms. The number of benzene rings is 1. The highest BCUT2D eigenvalue weighted by Crippen LogP contribution is 2.16. The Morgan fingerprint density at radius 3 is 2.67 bits per heavy atom. The van der Waals surface area contributed by atoms with E-state index in [1.807, 2.05) is 11.8 Å². The first-order chi connectivity index (χ1) is 11.5. The van der Waals surface area contributed by atoms with Crippen molar-refractivity contribution in [2.75, 3.05) is 26.2 Å². The van der Waals surface area contributed by atoms with Crippen LogP contribution in [0.25, 0.3) is 0 Å². The summed E-state index contributed by atoms with van der Waals surface area (Å²) in [7, 11) is 0. The van der Waals surface area contributed by atoms with Gasteiger partial charge in [0.25, 0.3) is 0 Å². The minimum absolute atomic E-state index is 0.102. The van der Waals surface area contributed by atoms with Crippen LogP contribution < -0.4 is 0 Å². The van der Waals surface area contributed by atoms with E-state index >= 15 is 0 Å². The van der Waals surface area contributed by atoms with Gasteiger partial charge in [0.05, 0.1) is 11.2 Å². The number of carbonyl (C=O) groups is 1. The molecule has 0 radical (unpaired) electrons. The summed E-state index contributed by atoms with van der Waals surface area (Å²) in [6.45, 7) is 8.22. The third kappa shape index (κ3) is 3.97. The lowest BCUT2D eigenvalue weighted by Gasteiger charge is -2.36. The fourth-order valence-corrected chi connectivity index (χ4v) is 3.24. The smallest absolute Gasteiger partial charge is 0.247 e. The number of aryl methyl sites for hydroxylation is 1. The number of carbonyl (C=O) groups excluding carboxylic acids is 1. The summed E-state index contributed by atoms with van der Waals surface area (Å²) in [6, 6.07) is 8.28. The van der Waals surface area contributed by atoms with Crippen LogP contribution in [0.3, 0.4) is 0 Å². The third-order valence-corrected chi connectivity index (χ3v) is 4.69. The Kier molecular flexibility index (Phi) is 5.21. The Morgan fingerprint density at radius 2 is 2.04 bits per heavy atom. The van der Waals surface area contributed by atoms with Crippen molar-refractivity contribution in [3.63, 3.8) is 0 Å². The molecular weight excluding hydrogens is 324 g/mol. The molecule has 1 fully saturated rings. The summed E-state index contributed by atoms with van der Waals surface area (Å²) in [5, 5.41) is 4.69. The molecule has 1 aliphatic rings. The van der Waals surface area contributed by atoms with Crippen molar-refractivity contribution >= 4 is 17.5 Å². The Labute approximate surface area is 147 Å². The third-order valence-electron chi connectivity index (χ3n) is 4.50. The molecule has 24 heavy (non-hydrogen) atoms. The molecule has 2 aromatic rings. The van der Waals surface area contributed by atoms with Crippen molar-refractivity contribution in [3.05, 3.63) is 52.8 Å². The summed E-state index contributed by atoms with van der Waals surface area (Å²) in [5.74, 6) is 0.102. The zero-order valence-electron chi connectivity index (χ0n) is 14.2. The van der Waals surface area contributed by atoms with Crippen LogP contribution in [0.4, 0.5) is 0 Å². The van der Waals surface area contributed by atoms with E-state index in [-0.39, 0.29) is 11.9 Å². The molecule has 1 aromatic heterocycles. The second kappa shape index (κ2) is 7.36. The molecule has 0 N–H and O–H groups in total. The summed E-state index contributed by atoms with van der Waals surface area (Å²) in [6.07, 6.45) is 3.25. The summed E-state index contributed by atoms with van der Waals surface area (Å²) in [5.41, 5.74) is 2.61. The van der Waals surface area contributed by atoms with E-state index in [0.29, 0.717) is 5.02 Å². The highest BCUT2D eigenvalue weighted by atomic mass is 35.5. The van der Waals surface area contributed by atoms with Crippen LogP contribution in [0.1, 0.15) is 24.1 Å². The number of rotatable bonds is 4. The lowest BCUT2D eigenvalue weighted by molar-refractivity contribution is -0.136. The van der Waals surface area contributed by atoms with Gasteiger partial charge < -0.3 is 4.90 Å². The minimum Gasteiger partial charge on any atom is -0.338 e. The maximum atomic E-state index is 12.6. The second-order valence-corrected chi connectivity index (χ2v) is 6.84. The molecule has 1 amide bonds. The molecule has 0 aliphatic carbocycles. The van der Waals surface area contributed by atoms with Gasteiger partial charge in [-0.3, -0.25) is 14.4 Å². The van der Waals surface area contributed by atoms with Gasteiger partial charge in [0, 0.05) is 38.9 Å². The first-order valence-electron chi connectivity index (χ1n) is 8.29. The highest BCUT2D eigenvalue weighted by molar-refractivity contribution is 6.30. The molecule has 1 unspecified atom stereocenters. The van der Waals surface area contributed by atoms with Crippen LogP contribution >= 0.6 is 11.6 Å². The normalized spacial score (nSPS) is 17.0. The fraction of sp³-hybridized carbons (Fsp3) is 0.444. The topological polar surface area (TPSA) is 41.4 Å². The fourth-order valence-electron chi connectivity index (χ4n) is 3.10. The summed E-state index contributed by atoms with van der Waals surface area (Å²) >= 11 is 5.89. The molecule has 5 nitrogen and oxygen atoms in total. The van der Waals surface area contributed by atoms with Crippen LogP contribution in [0, 0.1) is 6.92 Å². The predicted octanol–water partition coefficient (Wildman–Crippen LogP) is 2.75. The molecule has 0 saturated carbocycles. The van der Waals surface area contributed by atoms with Crippen molar-refractivity contribution in [3.8, 4) is 0 Å². The number of hydrogen-bond donors (Lipinski definition) is 0. The molecular formula is C18H23ClN4O. The SMILES string of the molecule is Cc1cccc(CN2CCN(C(=O)C(C)n3cc(Cl)cn3)CC2)c1. The number of hydrogen-bond acceptors (Lipinski definition) is 3. The Morgan fingerprint density at radius 1 is 1.29 bits per heavy atom. The van der Waals surface area contributed by atoms with E-state index in [1.54, 1.807) is 17.1 Å². The monoisotopic (exact) mass is 346 g/mol. The molecule has 2 heterocycles. The van der Waals surface area contributed by atoms with E-state index in [4.69, 9.17) is 11.6 Å². The standard InChI is InChI=1S/C18H23ClN4O/c1-14-4-3-5-16(10-14)12-21-6-8-22(9-7-21)18(24)15(2)23-13-17(19)11-20-23/h3-5,10-11,13,15H,6-9,12H2,1-2H3. The largest absolute Gasteiger partial charge is 0.338 e. The van der Waals surface area contributed by atoms with Crippen LogP contribution in [0.5, 0.6) is 0 Å². The van der Waals surface area contributed by atoms with E-state index in [0.717, 1.165) is 32.7 Å². The molecule has 1 aliphatic heterocycles. The number of halogens is 1. The minimum atomic E-state index is -0.319. The maximum absolute atomic E-state index is 12.6. The van der Waals surface area contributed by atoms with Gasteiger partial charge in [0.15, 0.2) is 0 Å². The Bertz CT molecular complexity index is 707. The van der Waals surface area contributed by atoms with Crippen molar-refractivity contribution in [2.24, 2.45) is 0 Å². The molecule has 6 heteroatoms. The maximum Gasteiger partial charge on any atom is 0.247 e. The van der Waals surface area contributed by atoms with Gasteiger partial charge in [-0.25, -0.2) is 0 Å². The van der Waals surface area contributed by atoms with Crippen molar-refractivity contribution in [1.29, 1.82) is 0 Å². The van der Waals surface area contributed by atoms with E-state index in [1.165, 1.54) is 11.1 Å². The highest BCUT2D eigenvalue weighted by Gasteiger charge is 2.26. The predicted molar refractivity (Wildman–Crippen MR) is 95.0 cm³/mol. The first-order valence-corrected chi connectivity index (χ1v) is 8.67. The van der Waals surface area contributed by atoms with E-state index < -0.39 is 0 Å². The van der Waals surface area contributed by atoms with E-state index in [9.17, 15) is 4.79 Å². The molecule has 128 valence electrons. The molecule has 3 rings (SSSR count). The van der Waals surface area contributed by atoms with Gasteiger partial charge in [0.2, 0.25) is 5.91 Å². The molecule has 0 spiro atoms. The Balaban J connectivity index is 1.53. The number of nitrogens with zero attached hydrogens (tertiary/aromatic N) is 4. The van der Waals surface area contributed by atoms with Crippen LogP contribution in [0.15, 0.2) is 36.7 Å². The average Bonchev–Trinajstić information content (AvgIpc) is 3.01. The second-order valence-electron chi connectivity index (χ2n) is 6.41. The molecule has 1 atom stereocenters. The van der Waals surface area contributed by atoms with E-state index in [2.05, 4.69) is 41.2 Å². The summed E-state index contributed by atoms with van der Waals surface area (Å²) in [4.78, 5) is 16.9. The number of aromatic nitrogens is 2. The number of amides is 1. The number of piperazine rings is 1. The lowest BCUT2D eigenvalue weighted by atomic mass is 10.1. The van der Waals surface area contributed by atoms with Gasteiger partial charge in [-0.2, -0.15) is 5.10 Å².